The first-order chi connectivity index (χ1) is 7.66. The minimum atomic E-state index is -0.424. The molecule has 82 valence electrons. The molecule has 1 heterocycles. The molecule has 0 saturated carbocycles. The van der Waals surface area contributed by atoms with Gasteiger partial charge in [-0.05, 0) is 0 Å². The van der Waals surface area contributed by atoms with E-state index in [0.717, 1.165) is 4.20 Å². The van der Waals surface area contributed by atoms with E-state index in [2.05, 4.69) is 10.1 Å². The second-order valence-electron chi connectivity index (χ2n) is 3.11. The zero-order valence-corrected chi connectivity index (χ0v) is 8.83. The molecule has 0 aliphatic rings. The highest BCUT2D eigenvalue weighted by Crippen LogP contribution is 2.19. The van der Waals surface area contributed by atoms with E-state index in [1.165, 1.54) is 12.4 Å². The van der Waals surface area contributed by atoms with Crippen LogP contribution in [0, 0.1) is 10.1 Å². The van der Waals surface area contributed by atoms with Gasteiger partial charge in [0.25, 0.3) is 5.69 Å². The molecule has 0 N–H and O–H groups in total. The SMILES string of the molecule is O=[N+]([O-])c1ccccc1Cc1ncn(Cl)n1. The van der Waals surface area contributed by atoms with Gasteiger partial charge in [-0.3, -0.25) is 10.1 Å². The summed E-state index contributed by atoms with van der Waals surface area (Å²) in [5, 5.41) is 14.6. The molecule has 0 radical (unpaired) electrons. The predicted molar refractivity (Wildman–Crippen MR) is 57.2 cm³/mol. The van der Waals surface area contributed by atoms with E-state index in [4.69, 9.17) is 11.8 Å². The van der Waals surface area contributed by atoms with Gasteiger partial charge in [0.1, 0.15) is 6.33 Å². The van der Waals surface area contributed by atoms with Crippen LogP contribution in [0.4, 0.5) is 5.69 Å². The highest BCUT2D eigenvalue weighted by Gasteiger charge is 2.14. The van der Waals surface area contributed by atoms with E-state index in [1.54, 1.807) is 18.2 Å². The smallest absolute Gasteiger partial charge is 0.258 e. The number of nitro groups is 1. The first kappa shape index (κ1) is 10.6. The largest absolute Gasteiger partial charge is 0.273 e. The first-order valence-electron chi connectivity index (χ1n) is 4.46. The maximum Gasteiger partial charge on any atom is 0.273 e. The van der Waals surface area contributed by atoms with Crippen LogP contribution in [0.3, 0.4) is 0 Å². The van der Waals surface area contributed by atoms with Crippen LogP contribution < -0.4 is 0 Å². The monoisotopic (exact) mass is 238 g/mol. The summed E-state index contributed by atoms with van der Waals surface area (Å²) in [6.07, 6.45) is 1.63. The first-order valence-corrected chi connectivity index (χ1v) is 4.79. The van der Waals surface area contributed by atoms with Crippen molar-refractivity contribution in [2.24, 2.45) is 0 Å². The second kappa shape index (κ2) is 4.28. The third-order valence-electron chi connectivity index (χ3n) is 2.05. The lowest BCUT2D eigenvalue weighted by atomic mass is 10.1. The minimum absolute atomic E-state index is 0.0634. The van der Waals surface area contributed by atoms with Crippen LogP contribution in [0.15, 0.2) is 30.6 Å². The fourth-order valence-corrected chi connectivity index (χ4v) is 1.50. The van der Waals surface area contributed by atoms with Crippen LogP contribution in [0.25, 0.3) is 0 Å². The Morgan fingerprint density at radius 1 is 1.44 bits per heavy atom. The summed E-state index contributed by atoms with van der Waals surface area (Å²) < 4.78 is 1.05. The second-order valence-corrected chi connectivity index (χ2v) is 3.46. The third kappa shape index (κ3) is 2.17. The van der Waals surface area contributed by atoms with Gasteiger partial charge in [-0.1, -0.05) is 18.2 Å². The molecule has 1 aromatic heterocycles. The number of halogens is 1. The molecule has 6 nitrogen and oxygen atoms in total. The van der Waals surface area contributed by atoms with E-state index >= 15 is 0 Å². The van der Waals surface area contributed by atoms with Crippen molar-refractivity contribution in [2.75, 3.05) is 0 Å². The number of rotatable bonds is 3. The topological polar surface area (TPSA) is 73.8 Å². The Bertz CT molecular complexity index is 526. The number of hydrogen-bond acceptors (Lipinski definition) is 4. The molecule has 16 heavy (non-hydrogen) atoms. The average molecular weight is 239 g/mol. The van der Waals surface area contributed by atoms with Crippen LogP contribution in [-0.4, -0.2) is 19.2 Å². The van der Waals surface area contributed by atoms with Gasteiger partial charge < -0.3 is 0 Å². The summed E-state index contributed by atoms with van der Waals surface area (Å²) in [5.41, 5.74) is 0.629. The lowest BCUT2D eigenvalue weighted by Gasteiger charge is -1.98. The predicted octanol–water partition coefficient (Wildman–Crippen LogP) is 1.78. The Hall–Kier alpha value is -1.95. The number of nitrogens with zero attached hydrogens (tertiary/aromatic N) is 4. The molecule has 2 aromatic rings. The molecule has 2 rings (SSSR count). The van der Waals surface area contributed by atoms with Crippen molar-refractivity contribution in [3.05, 3.63) is 52.1 Å². The lowest BCUT2D eigenvalue weighted by molar-refractivity contribution is -0.385. The molecule has 0 unspecified atom stereocenters. The summed E-state index contributed by atoms with van der Waals surface area (Å²) >= 11 is 5.54. The van der Waals surface area contributed by atoms with Gasteiger partial charge in [-0.15, -0.1) is 5.10 Å². The van der Waals surface area contributed by atoms with Crippen LogP contribution in [0.1, 0.15) is 11.4 Å². The van der Waals surface area contributed by atoms with Crippen molar-refractivity contribution in [3.63, 3.8) is 0 Å². The molecule has 0 fully saturated rings. The minimum Gasteiger partial charge on any atom is -0.258 e. The molecule has 0 atom stereocenters. The maximum absolute atomic E-state index is 10.8. The molecule has 7 heteroatoms. The van der Waals surface area contributed by atoms with Crippen LogP contribution in [0.5, 0.6) is 0 Å². The average Bonchev–Trinajstić information content (AvgIpc) is 2.64. The van der Waals surface area contributed by atoms with Crippen molar-refractivity contribution < 1.29 is 4.92 Å². The van der Waals surface area contributed by atoms with Crippen molar-refractivity contribution in [1.29, 1.82) is 0 Å². The van der Waals surface area contributed by atoms with Gasteiger partial charge in [0, 0.05) is 29.8 Å². The standard InChI is InChI=1S/C9H7ClN4O2/c10-13-6-11-9(12-13)5-7-3-1-2-4-8(7)14(15)16/h1-4,6H,5H2. The van der Waals surface area contributed by atoms with E-state index in [-0.39, 0.29) is 12.1 Å². The lowest BCUT2D eigenvalue weighted by Crippen LogP contribution is -1.98. The van der Waals surface area contributed by atoms with Crippen molar-refractivity contribution in [1.82, 2.24) is 14.3 Å². The zero-order chi connectivity index (χ0) is 11.5. The van der Waals surface area contributed by atoms with Gasteiger partial charge in [-0.25, -0.2) is 4.98 Å². The Kier molecular flexibility index (Phi) is 2.82. The highest BCUT2D eigenvalue weighted by atomic mass is 35.5. The highest BCUT2D eigenvalue weighted by molar-refractivity contribution is 6.14. The Balaban J connectivity index is 2.31. The van der Waals surface area contributed by atoms with Gasteiger partial charge in [-0.2, -0.15) is 4.20 Å². The molecule has 0 saturated heterocycles. The van der Waals surface area contributed by atoms with E-state index in [9.17, 15) is 10.1 Å². The quantitative estimate of drug-likeness (QED) is 0.603. The Morgan fingerprint density at radius 2 is 2.19 bits per heavy atom. The molecule has 0 aliphatic carbocycles. The van der Waals surface area contributed by atoms with Crippen molar-refractivity contribution in [3.8, 4) is 0 Å². The summed E-state index contributed by atoms with van der Waals surface area (Å²) in [4.78, 5) is 14.2. The maximum atomic E-state index is 10.8. The normalized spacial score (nSPS) is 10.3. The molecule has 0 spiro atoms. The Labute approximate surface area is 95.7 Å². The van der Waals surface area contributed by atoms with Gasteiger partial charge in [0.2, 0.25) is 0 Å². The number of benzene rings is 1. The van der Waals surface area contributed by atoms with Crippen molar-refractivity contribution >= 4 is 17.5 Å². The number of aromatic nitrogens is 3. The van der Waals surface area contributed by atoms with Crippen LogP contribution >= 0.6 is 11.8 Å². The number of hydrogen-bond donors (Lipinski definition) is 0. The molecule has 0 bridgehead atoms. The molecular weight excluding hydrogens is 232 g/mol. The van der Waals surface area contributed by atoms with E-state index in [0.29, 0.717) is 11.4 Å². The molecule has 0 aliphatic heterocycles. The number of nitro benzene ring substituents is 1. The van der Waals surface area contributed by atoms with E-state index in [1.807, 2.05) is 0 Å². The molecular formula is C9H7ClN4O2. The van der Waals surface area contributed by atoms with Gasteiger partial charge in [0.15, 0.2) is 5.82 Å². The van der Waals surface area contributed by atoms with Crippen LogP contribution in [0.2, 0.25) is 0 Å². The summed E-state index contributed by atoms with van der Waals surface area (Å²) in [7, 11) is 0. The van der Waals surface area contributed by atoms with Crippen LogP contribution in [-0.2, 0) is 6.42 Å². The number of para-hydroxylation sites is 1. The van der Waals surface area contributed by atoms with Crippen molar-refractivity contribution in [2.45, 2.75) is 6.42 Å². The summed E-state index contributed by atoms with van der Waals surface area (Å²) in [6.45, 7) is 0. The summed E-state index contributed by atoms with van der Waals surface area (Å²) in [6, 6.07) is 6.48. The van der Waals surface area contributed by atoms with Gasteiger partial charge in [0.05, 0.1) is 4.92 Å². The zero-order valence-electron chi connectivity index (χ0n) is 8.08. The molecule has 0 amide bonds. The fourth-order valence-electron chi connectivity index (χ4n) is 1.37. The van der Waals surface area contributed by atoms with E-state index < -0.39 is 4.92 Å². The molecule has 1 aromatic carbocycles. The van der Waals surface area contributed by atoms with Gasteiger partial charge >= 0.3 is 0 Å². The third-order valence-corrected chi connectivity index (χ3v) is 2.21. The summed E-state index contributed by atoms with van der Waals surface area (Å²) in [5.74, 6) is 0.448. The Morgan fingerprint density at radius 3 is 2.81 bits per heavy atom. The fraction of sp³-hybridized carbons (Fsp3) is 0.111.